The number of carboxylic acids is 1. The number of carbonyl (C=O) groups is 1. The topological polar surface area (TPSA) is 37.3 Å². The zero-order chi connectivity index (χ0) is 16.8. The number of aliphatic carboxylic acids is 1. The Hall–Kier alpha value is -1.13. The van der Waals surface area contributed by atoms with Crippen LogP contribution >= 0.6 is 22.7 Å². The Morgan fingerprint density at radius 1 is 1.04 bits per heavy atom. The fraction of sp³-hybridized carbons (Fsp3) is 0.526. The smallest absolute Gasteiger partial charge is 0.303 e. The highest BCUT2D eigenvalue weighted by atomic mass is 32.1. The molecule has 0 aliphatic rings. The summed E-state index contributed by atoms with van der Waals surface area (Å²) in [5, 5.41) is 8.94. The van der Waals surface area contributed by atoms with Crippen LogP contribution in [0.4, 0.5) is 0 Å². The van der Waals surface area contributed by atoms with Crippen molar-refractivity contribution >= 4 is 28.6 Å². The third-order valence-corrected chi connectivity index (χ3v) is 6.45. The minimum absolute atomic E-state index is 0.206. The van der Waals surface area contributed by atoms with Crippen LogP contribution in [-0.4, -0.2) is 11.1 Å². The monoisotopic (exact) mass is 350 g/mol. The van der Waals surface area contributed by atoms with E-state index in [-0.39, 0.29) is 6.42 Å². The second kappa shape index (κ2) is 8.65. The zero-order valence-corrected chi connectivity index (χ0v) is 15.9. The predicted octanol–water partition coefficient (Wildman–Crippen LogP) is 6.23. The Bertz CT molecular complexity index is 652. The average molecular weight is 351 g/mol. The van der Waals surface area contributed by atoms with E-state index in [0.29, 0.717) is 6.42 Å². The molecule has 0 radical (unpaired) electrons. The summed E-state index contributed by atoms with van der Waals surface area (Å²) in [5.41, 5.74) is 2.66. The minimum Gasteiger partial charge on any atom is -0.481 e. The maximum absolute atomic E-state index is 10.9. The van der Waals surface area contributed by atoms with Crippen LogP contribution in [0.2, 0.25) is 0 Å². The molecule has 2 aromatic heterocycles. The van der Waals surface area contributed by atoms with Crippen molar-refractivity contribution in [3.8, 4) is 9.75 Å². The number of hydrogen-bond acceptors (Lipinski definition) is 3. The molecule has 2 nitrogen and oxygen atoms in total. The van der Waals surface area contributed by atoms with Gasteiger partial charge in [-0.1, -0.05) is 26.2 Å². The van der Waals surface area contributed by atoms with E-state index in [9.17, 15) is 4.79 Å². The molecule has 0 unspecified atom stereocenters. The number of thiophene rings is 2. The number of hydrogen-bond donors (Lipinski definition) is 1. The van der Waals surface area contributed by atoms with Crippen LogP contribution in [0.3, 0.4) is 0 Å². The third kappa shape index (κ3) is 5.18. The van der Waals surface area contributed by atoms with Gasteiger partial charge in [0.05, 0.1) is 0 Å². The summed E-state index contributed by atoms with van der Waals surface area (Å²) in [5.74, 6) is -0.723. The fourth-order valence-corrected chi connectivity index (χ4v) is 5.10. The molecule has 0 aromatic carbocycles. The first kappa shape index (κ1) is 18.2. The molecule has 0 amide bonds. The van der Waals surface area contributed by atoms with E-state index in [0.717, 1.165) is 6.42 Å². The molecule has 4 heteroatoms. The van der Waals surface area contributed by atoms with Gasteiger partial charge in [0.2, 0.25) is 0 Å². The summed E-state index contributed by atoms with van der Waals surface area (Å²) >= 11 is 3.65. The highest BCUT2D eigenvalue weighted by Crippen LogP contribution is 2.39. The predicted molar refractivity (Wildman–Crippen MR) is 101 cm³/mol. The molecule has 0 saturated carbocycles. The van der Waals surface area contributed by atoms with Crippen molar-refractivity contribution in [1.29, 1.82) is 0 Å². The minimum atomic E-state index is -0.723. The first-order valence-electron chi connectivity index (χ1n) is 8.42. The molecule has 0 saturated heterocycles. The molecule has 0 aliphatic carbocycles. The summed E-state index contributed by atoms with van der Waals surface area (Å²) < 4.78 is 0. The van der Waals surface area contributed by atoms with Crippen LogP contribution < -0.4 is 0 Å². The van der Waals surface area contributed by atoms with E-state index in [1.807, 2.05) is 11.3 Å². The van der Waals surface area contributed by atoms with Crippen molar-refractivity contribution in [3.05, 3.63) is 33.0 Å². The van der Waals surface area contributed by atoms with Gasteiger partial charge in [0, 0.05) is 25.9 Å². The van der Waals surface area contributed by atoms with Crippen LogP contribution in [0.15, 0.2) is 12.1 Å². The second-order valence-electron chi connectivity index (χ2n) is 6.11. The number of unbranched alkanes of at least 4 members (excludes halogenated alkanes) is 3. The molecule has 126 valence electrons. The lowest BCUT2D eigenvalue weighted by molar-refractivity contribution is -0.136. The van der Waals surface area contributed by atoms with Crippen LogP contribution in [-0.2, 0) is 17.6 Å². The molecule has 0 spiro atoms. The summed E-state index contributed by atoms with van der Waals surface area (Å²) in [6.45, 7) is 6.55. The number of aryl methyl sites for hydroxylation is 4. The highest BCUT2D eigenvalue weighted by molar-refractivity contribution is 7.22. The fourth-order valence-electron chi connectivity index (χ4n) is 2.82. The Morgan fingerprint density at radius 3 is 2.52 bits per heavy atom. The summed E-state index contributed by atoms with van der Waals surface area (Å²) in [6, 6.07) is 4.49. The largest absolute Gasteiger partial charge is 0.481 e. The van der Waals surface area contributed by atoms with E-state index in [4.69, 9.17) is 5.11 Å². The van der Waals surface area contributed by atoms with Gasteiger partial charge in [-0.3, -0.25) is 4.79 Å². The molecule has 0 bridgehead atoms. The first-order valence-corrected chi connectivity index (χ1v) is 10.0. The molecule has 0 atom stereocenters. The lowest BCUT2D eigenvalue weighted by Crippen LogP contribution is -1.97. The molecular weight excluding hydrogens is 324 g/mol. The normalized spacial score (nSPS) is 11.1. The Morgan fingerprint density at radius 2 is 1.83 bits per heavy atom. The van der Waals surface area contributed by atoms with Gasteiger partial charge < -0.3 is 5.11 Å². The maximum Gasteiger partial charge on any atom is 0.303 e. The lowest BCUT2D eigenvalue weighted by atomic mass is 10.1. The standard InChI is InChI=1S/C19H26O2S2/c1-4-5-6-7-8-15-12-17(23-14(15)3)19-16(9-10-18(20)21)11-13(2)22-19/h11-12H,4-10H2,1-3H3,(H,20,21). The molecule has 2 rings (SSSR count). The molecule has 2 aromatic rings. The average Bonchev–Trinajstić information content (AvgIpc) is 3.04. The molecule has 1 N–H and O–H groups in total. The van der Waals surface area contributed by atoms with Crippen molar-refractivity contribution in [2.75, 3.05) is 0 Å². The van der Waals surface area contributed by atoms with Gasteiger partial charge in [0.25, 0.3) is 0 Å². The van der Waals surface area contributed by atoms with Crippen molar-refractivity contribution in [1.82, 2.24) is 0 Å². The van der Waals surface area contributed by atoms with Crippen LogP contribution in [0.25, 0.3) is 9.75 Å². The molecule has 23 heavy (non-hydrogen) atoms. The molecule has 0 aliphatic heterocycles. The van der Waals surface area contributed by atoms with Crippen LogP contribution in [0.1, 0.15) is 59.9 Å². The lowest BCUT2D eigenvalue weighted by Gasteiger charge is -2.00. The number of carboxylic acid groups (broad SMARTS) is 1. The number of rotatable bonds is 9. The Kier molecular flexibility index (Phi) is 6.85. The van der Waals surface area contributed by atoms with Gasteiger partial charge in [-0.2, -0.15) is 0 Å². The highest BCUT2D eigenvalue weighted by Gasteiger charge is 2.14. The van der Waals surface area contributed by atoms with Gasteiger partial charge >= 0.3 is 5.97 Å². The van der Waals surface area contributed by atoms with E-state index in [1.165, 1.54) is 56.3 Å². The Balaban J connectivity index is 2.14. The van der Waals surface area contributed by atoms with Gasteiger partial charge in [0.15, 0.2) is 0 Å². The van der Waals surface area contributed by atoms with Crippen LogP contribution in [0.5, 0.6) is 0 Å². The van der Waals surface area contributed by atoms with E-state index >= 15 is 0 Å². The van der Waals surface area contributed by atoms with Gasteiger partial charge in [-0.25, -0.2) is 0 Å². The second-order valence-corrected chi connectivity index (χ2v) is 8.62. The van der Waals surface area contributed by atoms with Gasteiger partial charge in [0.1, 0.15) is 0 Å². The van der Waals surface area contributed by atoms with Crippen molar-refractivity contribution in [3.63, 3.8) is 0 Å². The van der Waals surface area contributed by atoms with E-state index < -0.39 is 5.97 Å². The first-order chi connectivity index (χ1) is 11.0. The van der Waals surface area contributed by atoms with E-state index in [2.05, 4.69) is 32.9 Å². The van der Waals surface area contributed by atoms with Gasteiger partial charge in [-0.05, 0) is 56.4 Å². The quantitative estimate of drug-likeness (QED) is 0.544. The third-order valence-electron chi connectivity index (χ3n) is 4.08. The van der Waals surface area contributed by atoms with Crippen molar-refractivity contribution in [2.24, 2.45) is 0 Å². The summed E-state index contributed by atoms with van der Waals surface area (Å²) in [7, 11) is 0. The van der Waals surface area contributed by atoms with Gasteiger partial charge in [-0.15, -0.1) is 22.7 Å². The van der Waals surface area contributed by atoms with Crippen molar-refractivity contribution < 1.29 is 9.90 Å². The van der Waals surface area contributed by atoms with Crippen LogP contribution in [0, 0.1) is 13.8 Å². The van der Waals surface area contributed by atoms with Crippen molar-refractivity contribution in [2.45, 2.75) is 65.7 Å². The summed E-state index contributed by atoms with van der Waals surface area (Å²) in [6.07, 6.45) is 7.16. The molecule has 0 fully saturated rings. The zero-order valence-electron chi connectivity index (χ0n) is 14.3. The maximum atomic E-state index is 10.9. The molecular formula is C19H26O2S2. The Labute approximate surface area is 147 Å². The van der Waals surface area contributed by atoms with E-state index in [1.54, 1.807) is 11.3 Å². The SMILES string of the molecule is CCCCCCc1cc(-c2sc(C)cc2CCC(=O)O)sc1C. The summed E-state index contributed by atoms with van der Waals surface area (Å²) in [4.78, 5) is 16.1. The molecule has 2 heterocycles.